The van der Waals surface area contributed by atoms with Crippen LogP contribution in [0.4, 0.5) is 15.3 Å². The van der Waals surface area contributed by atoms with Gasteiger partial charge in [0.1, 0.15) is 18.1 Å². The summed E-state index contributed by atoms with van der Waals surface area (Å²) in [5.41, 5.74) is 1.80. The molecule has 0 radical (unpaired) electrons. The van der Waals surface area contributed by atoms with Crippen molar-refractivity contribution in [3.63, 3.8) is 0 Å². The van der Waals surface area contributed by atoms with Gasteiger partial charge in [0, 0.05) is 22.1 Å². The van der Waals surface area contributed by atoms with Crippen molar-refractivity contribution in [1.82, 2.24) is 5.32 Å². The van der Waals surface area contributed by atoms with Crippen LogP contribution in [0, 0.1) is 0 Å². The number of hydrogen-bond acceptors (Lipinski definition) is 7. The number of carbonyl (C=O) groups excluding carboxylic acids is 3. The van der Waals surface area contributed by atoms with E-state index in [1.165, 1.54) is 11.8 Å². The van der Waals surface area contributed by atoms with Gasteiger partial charge < -0.3 is 19.5 Å². The van der Waals surface area contributed by atoms with Gasteiger partial charge in [-0.15, -0.1) is 11.8 Å². The van der Waals surface area contributed by atoms with Crippen LogP contribution in [0.1, 0.15) is 0 Å². The molecule has 0 aromatic heterocycles. The Morgan fingerprint density at radius 3 is 1.91 bits per heavy atom. The molecule has 2 N–H and O–H groups in total. The van der Waals surface area contributed by atoms with Crippen molar-refractivity contribution in [2.24, 2.45) is 0 Å². The number of hydrogen-bond donors (Lipinski definition) is 2. The van der Waals surface area contributed by atoms with E-state index in [0.29, 0.717) is 16.8 Å². The largest absolute Gasteiger partial charge is 0.461 e. The third-order valence-electron chi connectivity index (χ3n) is 6.56. The predicted octanol–water partition coefficient (Wildman–Crippen LogP) is 7.81. The van der Waals surface area contributed by atoms with E-state index >= 15 is 0 Å². The Labute approximate surface area is 252 Å². The fraction of sp³-hybridized carbons (Fsp3) is 0.0882. The molecule has 0 aliphatic rings. The summed E-state index contributed by atoms with van der Waals surface area (Å²) in [5.74, 6) is -0.0409. The molecule has 0 unspecified atom stereocenters. The van der Waals surface area contributed by atoms with Crippen LogP contribution in [0.3, 0.4) is 0 Å². The molecule has 0 aliphatic carbocycles. The van der Waals surface area contributed by atoms with Gasteiger partial charge in [-0.3, -0.25) is 5.32 Å². The third-order valence-corrected chi connectivity index (χ3v) is 7.36. The first-order valence-corrected chi connectivity index (χ1v) is 14.6. The number of para-hydroxylation sites is 1. The van der Waals surface area contributed by atoms with Crippen LogP contribution in [0.15, 0.2) is 115 Å². The van der Waals surface area contributed by atoms with Gasteiger partial charge in [-0.25, -0.2) is 14.4 Å². The second-order valence-corrected chi connectivity index (χ2v) is 10.1. The molecule has 0 spiro atoms. The smallest absolute Gasteiger partial charge is 0.417 e. The average Bonchev–Trinajstić information content (AvgIpc) is 3.03. The minimum atomic E-state index is -0.736. The van der Waals surface area contributed by atoms with E-state index in [9.17, 15) is 14.4 Å². The molecule has 0 bridgehead atoms. The van der Waals surface area contributed by atoms with Gasteiger partial charge in [0.2, 0.25) is 0 Å². The van der Waals surface area contributed by atoms with Crippen LogP contribution in [-0.4, -0.2) is 37.6 Å². The molecule has 0 saturated carbocycles. The van der Waals surface area contributed by atoms with Crippen molar-refractivity contribution in [3.8, 4) is 22.6 Å². The summed E-state index contributed by atoms with van der Waals surface area (Å²) in [5, 5.41) is 8.84. The van der Waals surface area contributed by atoms with E-state index in [-0.39, 0.29) is 24.7 Å². The number of ether oxygens (including phenoxy) is 3. The van der Waals surface area contributed by atoms with Crippen LogP contribution in [0.25, 0.3) is 32.7 Å². The lowest BCUT2D eigenvalue weighted by Crippen LogP contribution is -2.30. The van der Waals surface area contributed by atoms with Crippen LogP contribution in [0.2, 0.25) is 0 Å². The van der Waals surface area contributed by atoms with E-state index in [4.69, 9.17) is 14.2 Å². The second-order valence-electron chi connectivity index (χ2n) is 9.22. The Morgan fingerprint density at radius 2 is 1.30 bits per heavy atom. The maximum atomic E-state index is 13.2. The first-order chi connectivity index (χ1) is 21.0. The SMILES string of the molecule is C=CC(=O)OCCNC(=O)Oc1ccc2ccccc2c1-c1c(OC(=O)Nc2ccccc2SC)ccc2ccccc12. The molecule has 43 heavy (non-hydrogen) atoms. The summed E-state index contributed by atoms with van der Waals surface area (Å²) in [6.45, 7) is 3.35. The van der Waals surface area contributed by atoms with Gasteiger partial charge in [0.05, 0.1) is 12.2 Å². The number of thioether (sulfide) groups is 1. The zero-order valence-corrected chi connectivity index (χ0v) is 24.1. The zero-order chi connectivity index (χ0) is 30.2. The minimum absolute atomic E-state index is 0.0411. The number of carbonyl (C=O) groups is 3. The Bertz CT molecular complexity index is 1840. The monoisotopic (exact) mass is 592 g/mol. The van der Waals surface area contributed by atoms with Crippen LogP contribution >= 0.6 is 11.8 Å². The predicted molar refractivity (Wildman–Crippen MR) is 170 cm³/mol. The molecule has 0 aliphatic heterocycles. The molecule has 9 heteroatoms. The van der Waals surface area contributed by atoms with E-state index in [1.807, 2.05) is 91.2 Å². The highest BCUT2D eigenvalue weighted by Gasteiger charge is 2.22. The topological polar surface area (TPSA) is 103 Å². The van der Waals surface area contributed by atoms with Gasteiger partial charge in [-0.1, -0.05) is 79.4 Å². The number of anilines is 1. The summed E-state index contributed by atoms with van der Waals surface area (Å²) >= 11 is 1.51. The average molecular weight is 593 g/mol. The summed E-state index contributed by atoms with van der Waals surface area (Å²) in [4.78, 5) is 38.3. The lowest BCUT2D eigenvalue weighted by Gasteiger charge is -2.19. The third kappa shape index (κ3) is 6.79. The van der Waals surface area contributed by atoms with Crippen molar-refractivity contribution in [2.45, 2.75) is 4.90 Å². The van der Waals surface area contributed by atoms with Crippen molar-refractivity contribution in [2.75, 3.05) is 24.7 Å². The summed E-state index contributed by atoms with van der Waals surface area (Å²) < 4.78 is 16.7. The molecule has 5 rings (SSSR count). The summed E-state index contributed by atoms with van der Waals surface area (Å²) in [7, 11) is 0. The van der Waals surface area contributed by atoms with Gasteiger partial charge in [0.15, 0.2) is 0 Å². The van der Waals surface area contributed by atoms with Gasteiger partial charge in [0.25, 0.3) is 0 Å². The van der Waals surface area contributed by atoms with Crippen molar-refractivity contribution in [3.05, 3.63) is 110 Å². The molecule has 5 aromatic carbocycles. The van der Waals surface area contributed by atoms with Crippen molar-refractivity contribution < 1.29 is 28.6 Å². The quantitative estimate of drug-likeness (QED) is 0.0779. The number of fused-ring (bicyclic) bond motifs is 2. The van der Waals surface area contributed by atoms with E-state index in [2.05, 4.69) is 17.2 Å². The minimum Gasteiger partial charge on any atom is -0.461 e. The molecule has 0 saturated heterocycles. The van der Waals surface area contributed by atoms with E-state index in [0.717, 1.165) is 32.5 Å². The highest BCUT2D eigenvalue weighted by atomic mass is 32.2. The zero-order valence-electron chi connectivity index (χ0n) is 23.3. The fourth-order valence-electron chi connectivity index (χ4n) is 4.67. The lowest BCUT2D eigenvalue weighted by molar-refractivity contribution is -0.137. The van der Waals surface area contributed by atoms with Crippen LogP contribution in [0.5, 0.6) is 11.5 Å². The van der Waals surface area contributed by atoms with E-state index < -0.39 is 18.2 Å². The lowest BCUT2D eigenvalue weighted by atomic mass is 9.92. The molecular formula is C34H28N2O6S. The second kappa shape index (κ2) is 13.6. The molecule has 216 valence electrons. The maximum absolute atomic E-state index is 13.2. The Morgan fingerprint density at radius 1 is 0.744 bits per heavy atom. The Kier molecular flexibility index (Phi) is 9.23. The molecule has 5 aromatic rings. The summed E-state index contributed by atoms with van der Waals surface area (Å²) in [6.07, 6.45) is 1.58. The van der Waals surface area contributed by atoms with Crippen LogP contribution in [-0.2, 0) is 9.53 Å². The molecular weight excluding hydrogens is 564 g/mol. The van der Waals surface area contributed by atoms with Gasteiger partial charge >= 0.3 is 18.2 Å². The number of rotatable bonds is 9. The number of benzene rings is 5. The first kappa shape index (κ1) is 29.2. The summed E-state index contributed by atoms with van der Waals surface area (Å²) in [6, 6.07) is 30.0. The van der Waals surface area contributed by atoms with Crippen molar-refractivity contribution in [1.29, 1.82) is 0 Å². The first-order valence-electron chi connectivity index (χ1n) is 13.4. The molecule has 0 heterocycles. The fourth-order valence-corrected chi connectivity index (χ4v) is 5.23. The van der Waals surface area contributed by atoms with Crippen molar-refractivity contribution >= 4 is 57.1 Å². The number of amides is 2. The van der Waals surface area contributed by atoms with Gasteiger partial charge in [-0.2, -0.15) is 0 Å². The van der Waals surface area contributed by atoms with Crippen LogP contribution < -0.4 is 20.1 Å². The Hall–Kier alpha value is -5.28. The highest BCUT2D eigenvalue weighted by Crippen LogP contribution is 2.45. The molecule has 2 amide bonds. The Balaban J connectivity index is 1.56. The standard InChI is InChI=1S/C34H28N2O6S/c1-3-30(37)40-21-20-35-33(38)41-27-18-16-22-10-4-6-12-24(22)31(27)32-25-13-7-5-11-23(25)17-19-28(32)42-34(39)36-26-14-8-9-15-29(26)43-2/h3-19H,1,20-21H2,2H3,(H,35,38)(H,36,39). The molecule has 0 fully saturated rings. The number of nitrogens with one attached hydrogen (secondary N) is 2. The van der Waals surface area contributed by atoms with Gasteiger partial charge in [-0.05, 0) is 52.1 Å². The normalized spacial score (nSPS) is 10.6. The van der Waals surface area contributed by atoms with E-state index in [1.54, 1.807) is 12.1 Å². The highest BCUT2D eigenvalue weighted by molar-refractivity contribution is 7.98. The number of esters is 1. The maximum Gasteiger partial charge on any atom is 0.417 e. The molecule has 0 atom stereocenters. The molecule has 8 nitrogen and oxygen atoms in total.